The molecule has 0 spiro atoms. The van der Waals surface area contributed by atoms with Gasteiger partial charge in [-0.3, -0.25) is 4.79 Å². The molecule has 1 amide bonds. The van der Waals surface area contributed by atoms with Crippen LogP contribution in [-0.2, 0) is 21.2 Å². The maximum atomic E-state index is 13.0. The van der Waals surface area contributed by atoms with Crippen LogP contribution in [0.1, 0.15) is 37.7 Å². The van der Waals surface area contributed by atoms with Gasteiger partial charge in [-0.05, 0) is 43.4 Å². The fourth-order valence-corrected chi connectivity index (χ4v) is 5.39. The first-order chi connectivity index (χ1) is 13.6. The highest BCUT2D eigenvalue weighted by atomic mass is 32.2. The summed E-state index contributed by atoms with van der Waals surface area (Å²) in [5.41, 5.74) is 1.25. The number of carbonyl (C=O) groups is 1. The topological polar surface area (TPSA) is 66.5 Å². The Bertz CT molecular complexity index is 854. The van der Waals surface area contributed by atoms with Crippen LogP contribution in [0.25, 0.3) is 0 Å². The first kappa shape index (κ1) is 20.6. The number of hydrogen-bond donors (Lipinski definition) is 1. The normalized spacial score (nSPS) is 17.9. The third-order valence-corrected chi connectivity index (χ3v) is 7.12. The lowest BCUT2D eigenvalue weighted by atomic mass is 10.0. The van der Waals surface area contributed by atoms with E-state index < -0.39 is 10.0 Å². The van der Waals surface area contributed by atoms with E-state index in [4.69, 9.17) is 0 Å². The van der Waals surface area contributed by atoms with Gasteiger partial charge in [-0.15, -0.1) is 0 Å². The molecule has 1 fully saturated rings. The second-order valence-electron chi connectivity index (χ2n) is 7.22. The minimum Gasteiger partial charge on any atom is -0.356 e. The molecule has 0 radical (unpaired) electrons. The molecule has 2 aromatic rings. The first-order valence-electron chi connectivity index (χ1n) is 9.95. The lowest BCUT2D eigenvalue weighted by Crippen LogP contribution is -2.46. The molecule has 1 saturated heterocycles. The van der Waals surface area contributed by atoms with Gasteiger partial charge in [0.1, 0.15) is 0 Å². The predicted octanol–water partition coefficient (Wildman–Crippen LogP) is 3.37. The molecule has 28 heavy (non-hydrogen) atoms. The van der Waals surface area contributed by atoms with Crippen molar-refractivity contribution in [3.05, 3.63) is 66.2 Å². The molecule has 1 N–H and O–H groups in total. The lowest BCUT2D eigenvalue weighted by Gasteiger charge is -2.34. The molecular weight excluding hydrogens is 372 g/mol. The fourth-order valence-electron chi connectivity index (χ4n) is 3.67. The summed E-state index contributed by atoms with van der Waals surface area (Å²) in [6.45, 7) is 1.08. The van der Waals surface area contributed by atoms with Crippen LogP contribution in [0.15, 0.2) is 65.6 Å². The zero-order valence-corrected chi connectivity index (χ0v) is 16.9. The van der Waals surface area contributed by atoms with Gasteiger partial charge < -0.3 is 5.32 Å². The maximum Gasteiger partial charge on any atom is 0.243 e. The van der Waals surface area contributed by atoms with E-state index >= 15 is 0 Å². The summed E-state index contributed by atoms with van der Waals surface area (Å²) >= 11 is 0. The number of nitrogens with one attached hydrogen (secondary N) is 1. The van der Waals surface area contributed by atoms with E-state index in [1.165, 1.54) is 9.87 Å². The molecule has 1 aliphatic heterocycles. The molecule has 3 rings (SSSR count). The van der Waals surface area contributed by atoms with Gasteiger partial charge in [0.25, 0.3) is 0 Å². The quantitative estimate of drug-likeness (QED) is 0.691. The second kappa shape index (κ2) is 9.85. The van der Waals surface area contributed by atoms with E-state index in [1.807, 2.05) is 18.2 Å². The Morgan fingerprint density at radius 3 is 2.39 bits per heavy atom. The number of amides is 1. The minimum atomic E-state index is -3.56. The van der Waals surface area contributed by atoms with Crippen LogP contribution in [0.2, 0.25) is 0 Å². The number of sulfonamides is 1. The number of rotatable bonds is 8. The Kier molecular flexibility index (Phi) is 7.23. The Labute approximate surface area is 167 Å². The van der Waals surface area contributed by atoms with Crippen molar-refractivity contribution in [1.82, 2.24) is 9.62 Å². The number of nitrogens with zero attached hydrogens (tertiary/aromatic N) is 1. The average molecular weight is 401 g/mol. The number of aryl methyl sites for hydroxylation is 1. The third-order valence-electron chi connectivity index (χ3n) is 5.15. The molecule has 6 heteroatoms. The Balaban J connectivity index is 1.53. The summed E-state index contributed by atoms with van der Waals surface area (Å²) in [5, 5.41) is 2.95. The minimum absolute atomic E-state index is 0.0757. The van der Waals surface area contributed by atoms with Gasteiger partial charge in [0.05, 0.1) is 4.90 Å². The van der Waals surface area contributed by atoms with Crippen LogP contribution in [0.4, 0.5) is 0 Å². The zero-order valence-electron chi connectivity index (χ0n) is 16.1. The van der Waals surface area contributed by atoms with Crippen molar-refractivity contribution in [3.63, 3.8) is 0 Å². The summed E-state index contributed by atoms with van der Waals surface area (Å²) in [6.07, 6.45) is 4.51. The summed E-state index contributed by atoms with van der Waals surface area (Å²) in [5.74, 6) is -0.0757. The van der Waals surface area contributed by atoms with E-state index in [2.05, 4.69) is 17.4 Å². The second-order valence-corrected chi connectivity index (χ2v) is 9.11. The fraction of sp³-hybridized carbons (Fsp3) is 0.409. The standard InChI is InChI=1S/C22H28N2O3S/c25-22(23-16-9-12-19-10-3-1-4-11-19)18-20-13-7-8-17-24(20)28(26,27)21-14-5-2-6-15-21/h1-6,10-11,14-15,20H,7-9,12-13,16-18H2,(H,23,25)/t20-/m0/s1. The summed E-state index contributed by atoms with van der Waals surface area (Å²) in [6, 6.07) is 18.4. The molecule has 1 heterocycles. The molecule has 0 aliphatic carbocycles. The van der Waals surface area contributed by atoms with Gasteiger partial charge >= 0.3 is 0 Å². The number of benzene rings is 2. The van der Waals surface area contributed by atoms with Crippen LogP contribution in [0, 0.1) is 0 Å². The van der Waals surface area contributed by atoms with Crippen LogP contribution in [0.5, 0.6) is 0 Å². The Morgan fingerprint density at radius 1 is 1.00 bits per heavy atom. The summed E-state index contributed by atoms with van der Waals surface area (Å²) in [7, 11) is -3.56. The lowest BCUT2D eigenvalue weighted by molar-refractivity contribution is -0.122. The molecule has 2 aromatic carbocycles. The zero-order chi connectivity index (χ0) is 19.8. The monoisotopic (exact) mass is 400 g/mol. The highest BCUT2D eigenvalue weighted by Crippen LogP contribution is 2.27. The highest BCUT2D eigenvalue weighted by molar-refractivity contribution is 7.89. The number of carbonyl (C=O) groups excluding carboxylic acids is 1. The smallest absolute Gasteiger partial charge is 0.243 e. The van der Waals surface area contributed by atoms with Crippen molar-refractivity contribution < 1.29 is 13.2 Å². The maximum absolute atomic E-state index is 13.0. The Morgan fingerprint density at radius 2 is 1.68 bits per heavy atom. The van der Waals surface area contributed by atoms with Gasteiger partial charge in [0.15, 0.2) is 0 Å². The van der Waals surface area contributed by atoms with E-state index in [9.17, 15) is 13.2 Å². The van der Waals surface area contributed by atoms with Gasteiger partial charge in [-0.1, -0.05) is 55.0 Å². The molecule has 1 atom stereocenters. The van der Waals surface area contributed by atoms with Crippen molar-refractivity contribution in [1.29, 1.82) is 0 Å². The number of hydrogen-bond acceptors (Lipinski definition) is 3. The molecule has 1 aliphatic rings. The highest BCUT2D eigenvalue weighted by Gasteiger charge is 2.34. The number of piperidine rings is 1. The summed E-state index contributed by atoms with van der Waals surface area (Å²) in [4.78, 5) is 12.7. The molecule has 0 aromatic heterocycles. The van der Waals surface area contributed by atoms with Gasteiger partial charge in [0, 0.05) is 25.6 Å². The van der Waals surface area contributed by atoms with E-state index in [0.717, 1.165) is 32.1 Å². The van der Waals surface area contributed by atoms with Crippen LogP contribution in [-0.4, -0.2) is 37.8 Å². The van der Waals surface area contributed by atoms with E-state index in [-0.39, 0.29) is 18.4 Å². The third kappa shape index (κ3) is 5.42. The van der Waals surface area contributed by atoms with Crippen molar-refractivity contribution >= 4 is 15.9 Å². The van der Waals surface area contributed by atoms with Crippen LogP contribution in [0.3, 0.4) is 0 Å². The molecular formula is C22H28N2O3S. The molecule has 0 unspecified atom stereocenters. The molecule has 150 valence electrons. The van der Waals surface area contributed by atoms with Gasteiger partial charge in [-0.25, -0.2) is 8.42 Å². The largest absolute Gasteiger partial charge is 0.356 e. The van der Waals surface area contributed by atoms with Crippen LogP contribution < -0.4 is 5.32 Å². The van der Waals surface area contributed by atoms with Gasteiger partial charge in [0.2, 0.25) is 15.9 Å². The first-order valence-corrected chi connectivity index (χ1v) is 11.4. The molecule has 0 bridgehead atoms. The predicted molar refractivity (Wildman–Crippen MR) is 110 cm³/mol. The van der Waals surface area contributed by atoms with Crippen LogP contribution >= 0.6 is 0 Å². The van der Waals surface area contributed by atoms with Crippen molar-refractivity contribution in [2.75, 3.05) is 13.1 Å². The summed E-state index contributed by atoms with van der Waals surface area (Å²) < 4.78 is 27.5. The molecule has 0 saturated carbocycles. The van der Waals surface area contributed by atoms with Gasteiger partial charge in [-0.2, -0.15) is 4.31 Å². The van der Waals surface area contributed by atoms with Crippen molar-refractivity contribution in [2.45, 2.75) is 49.5 Å². The average Bonchev–Trinajstić information content (AvgIpc) is 2.73. The molecule has 5 nitrogen and oxygen atoms in total. The SMILES string of the molecule is O=C(C[C@@H]1CCCCN1S(=O)(=O)c1ccccc1)NCCCc1ccccc1. The van der Waals surface area contributed by atoms with Crippen molar-refractivity contribution in [3.8, 4) is 0 Å². The van der Waals surface area contributed by atoms with Crippen molar-refractivity contribution in [2.24, 2.45) is 0 Å². The Hall–Kier alpha value is -2.18. The van der Waals surface area contributed by atoms with E-state index in [1.54, 1.807) is 30.3 Å². The van der Waals surface area contributed by atoms with E-state index in [0.29, 0.717) is 18.0 Å².